The largest absolute Gasteiger partial charge is 0.335 e. The molecule has 1 heterocycles. The lowest BCUT2D eigenvalue weighted by Crippen LogP contribution is -2.30. The number of aryl methyl sites for hydroxylation is 1. The second kappa shape index (κ2) is 6.53. The van der Waals surface area contributed by atoms with Crippen LogP contribution >= 0.6 is 11.6 Å². The number of rotatable bonds is 4. The van der Waals surface area contributed by atoms with Crippen molar-refractivity contribution < 1.29 is 4.79 Å². The number of carbonyl (C=O) groups excluding carboxylic acids is 1. The van der Waals surface area contributed by atoms with Crippen LogP contribution in [0.1, 0.15) is 28.4 Å². The molecule has 0 N–H and O–H groups in total. The van der Waals surface area contributed by atoms with Crippen LogP contribution in [0.3, 0.4) is 0 Å². The summed E-state index contributed by atoms with van der Waals surface area (Å²) in [6, 6.07) is 11.4. The number of hydrogen-bond donors (Lipinski definition) is 0. The Kier molecular flexibility index (Phi) is 4.74. The van der Waals surface area contributed by atoms with Gasteiger partial charge in [0.15, 0.2) is 0 Å². The van der Waals surface area contributed by atoms with E-state index in [2.05, 4.69) is 18.0 Å². The molecule has 0 saturated carbocycles. The van der Waals surface area contributed by atoms with Gasteiger partial charge in [-0.2, -0.15) is 0 Å². The Morgan fingerprint density at radius 2 is 2.00 bits per heavy atom. The fourth-order valence-electron chi connectivity index (χ4n) is 2.01. The van der Waals surface area contributed by atoms with Crippen molar-refractivity contribution in [3.05, 3.63) is 64.4 Å². The molecular formula is C16H17ClN2O. The molecule has 1 aromatic carbocycles. The first-order valence-electron chi connectivity index (χ1n) is 6.57. The zero-order valence-electron chi connectivity index (χ0n) is 11.6. The molecule has 2 rings (SSSR count). The van der Waals surface area contributed by atoms with E-state index in [-0.39, 0.29) is 5.91 Å². The average Bonchev–Trinajstić information content (AvgIpc) is 2.46. The Morgan fingerprint density at radius 1 is 1.25 bits per heavy atom. The molecule has 0 aliphatic carbocycles. The van der Waals surface area contributed by atoms with E-state index in [4.69, 9.17) is 11.6 Å². The van der Waals surface area contributed by atoms with Crippen molar-refractivity contribution in [2.24, 2.45) is 0 Å². The molecule has 0 radical (unpaired) electrons. The number of halogens is 1. The van der Waals surface area contributed by atoms with Gasteiger partial charge in [-0.25, -0.2) is 4.98 Å². The van der Waals surface area contributed by atoms with Gasteiger partial charge >= 0.3 is 0 Å². The highest BCUT2D eigenvalue weighted by Crippen LogP contribution is 2.14. The highest BCUT2D eigenvalue weighted by atomic mass is 35.5. The lowest BCUT2D eigenvalue weighted by Gasteiger charge is -2.22. The first-order valence-corrected chi connectivity index (χ1v) is 6.95. The van der Waals surface area contributed by atoms with Crippen molar-refractivity contribution in [1.29, 1.82) is 0 Å². The molecule has 0 aliphatic heterocycles. The molecule has 0 bridgehead atoms. The van der Waals surface area contributed by atoms with Gasteiger partial charge in [-0.15, -0.1) is 0 Å². The molecule has 104 valence electrons. The highest BCUT2D eigenvalue weighted by molar-refractivity contribution is 6.29. The third-order valence-electron chi connectivity index (χ3n) is 3.27. The fraction of sp³-hybridized carbons (Fsp3) is 0.250. The molecule has 0 spiro atoms. The maximum absolute atomic E-state index is 12.4. The number of benzene rings is 1. The lowest BCUT2D eigenvalue weighted by molar-refractivity contribution is 0.0752. The Balaban J connectivity index is 2.18. The van der Waals surface area contributed by atoms with Crippen LogP contribution in [0.5, 0.6) is 0 Å². The van der Waals surface area contributed by atoms with Crippen molar-refractivity contribution in [1.82, 2.24) is 9.88 Å². The van der Waals surface area contributed by atoms with E-state index in [1.807, 2.05) is 25.1 Å². The molecule has 0 fully saturated rings. The van der Waals surface area contributed by atoms with Gasteiger partial charge in [-0.05, 0) is 37.1 Å². The minimum absolute atomic E-state index is 0.0279. The van der Waals surface area contributed by atoms with Crippen LogP contribution in [-0.4, -0.2) is 22.3 Å². The molecular weight excluding hydrogens is 272 g/mol. The van der Waals surface area contributed by atoms with Crippen molar-refractivity contribution in [3.8, 4) is 0 Å². The Morgan fingerprint density at radius 3 is 2.60 bits per heavy atom. The molecule has 0 aliphatic rings. The van der Waals surface area contributed by atoms with Gasteiger partial charge in [-0.1, -0.05) is 35.9 Å². The predicted octanol–water partition coefficient (Wildman–Crippen LogP) is 3.71. The SMILES string of the molecule is CCN(Cc1ccccc1C)C(=O)c1ccc(Cl)nc1. The summed E-state index contributed by atoms with van der Waals surface area (Å²) in [4.78, 5) is 18.2. The van der Waals surface area contributed by atoms with E-state index in [0.717, 1.165) is 5.56 Å². The topological polar surface area (TPSA) is 33.2 Å². The summed E-state index contributed by atoms with van der Waals surface area (Å²) in [6.45, 7) is 5.28. The molecule has 0 saturated heterocycles. The first kappa shape index (κ1) is 14.5. The predicted molar refractivity (Wildman–Crippen MR) is 80.8 cm³/mol. The number of carbonyl (C=O) groups is 1. The van der Waals surface area contributed by atoms with Crippen molar-refractivity contribution in [3.63, 3.8) is 0 Å². The van der Waals surface area contributed by atoms with E-state index in [1.54, 1.807) is 17.0 Å². The number of amides is 1. The van der Waals surface area contributed by atoms with Crippen LogP contribution in [0.2, 0.25) is 5.15 Å². The summed E-state index contributed by atoms with van der Waals surface area (Å²) in [6.07, 6.45) is 1.52. The number of nitrogens with zero attached hydrogens (tertiary/aromatic N) is 2. The minimum atomic E-state index is -0.0279. The van der Waals surface area contributed by atoms with Gasteiger partial charge in [0.05, 0.1) is 5.56 Å². The second-order valence-corrected chi connectivity index (χ2v) is 5.00. The van der Waals surface area contributed by atoms with E-state index >= 15 is 0 Å². The molecule has 1 aromatic heterocycles. The lowest BCUT2D eigenvalue weighted by atomic mass is 10.1. The molecule has 0 unspecified atom stereocenters. The van der Waals surface area contributed by atoms with Crippen molar-refractivity contribution >= 4 is 17.5 Å². The molecule has 20 heavy (non-hydrogen) atoms. The third kappa shape index (κ3) is 3.36. The number of pyridine rings is 1. The van der Waals surface area contributed by atoms with Crippen LogP contribution in [-0.2, 0) is 6.54 Å². The number of hydrogen-bond acceptors (Lipinski definition) is 2. The van der Waals surface area contributed by atoms with Crippen LogP contribution in [0.4, 0.5) is 0 Å². The summed E-state index contributed by atoms with van der Waals surface area (Å²) >= 11 is 5.74. The summed E-state index contributed by atoms with van der Waals surface area (Å²) in [5.74, 6) is -0.0279. The maximum Gasteiger partial charge on any atom is 0.255 e. The summed E-state index contributed by atoms with van der Waals surface area (Å²) in [5.41, 5.74) is 2.91. The molecule has 3 nitrogen and oxygen atoms in total. The van der Waals surface area contributed by atoms with Crippen LogP contribution < -0.4 is 0 Å². The quantitative estimate of drug-likeness (QED) is 0.804. The van der Waals surface area contributed by atoms with Crippen molar-refractivity contribution in [2.45, 2.75) is 20.4 Å². The normalized spacial score (nSPS) is 10.3. The summed E-state index contributed by atoms with van der Waals surface area (Å²) < 4.78 is 0. The molecule has 0 atom stereocenters. The molecule has 2 aromatic rings. The first-order chi connectivity index (χ1) is 9.61. The average molecular weight is 289 g/mol. The van der Waals surface area contributed by atoms with Crippen LogP contribution in [0.25, 0.3) is 0 Å². The van der Waals surface area contributed by atoms with Gasteiger partial charge in [0, 0.05) is 19.3 Å². The molecule has 1 amide bonds. The van der Waals surface area contributed by atoms with Gasteiger partial charge in [0.2, 0.25) is 0 Å². The zero-order chi connectivity index (χ0) is 14.5. The van der Waals surface area contributed by atoms with E-state index < -0.39 is 0 Å². The zero-order valence-corrected chi connectivity index (χ0v) is 12.4. The highest BCUT2D eigenvalue weighted by Gasteiger charge is 2.15. The van der Waals surface area contributed by atoms with Gasteiger partial charge in [0.25, 0.3) is 5.91 Å². The van der Waals surface area contributed by atoms with Gasteiger partial charge < -0.3 is 4.90 Å². The third-order valence-corrected chi connectivity index (χ3v) is 3.49. The van der Waals surface area contributed by atoms with E-state index in [0.29, 0.717) is 23.8 Å². The van der Waals surface area contributed by atoms with Gasteiger partial charge in [0.1, 0.15) is 5.15 Å². The minimum Gasteiger partial charge on any atom is -0.335 e. The summed E-state index contributed by atoms with van der Waals surface area (Å²) in [5, 5.41) is 0.392. The van der Waals surface area contributed by atoms with E-state index in [1.165, 1.54) is 11.8 Å². The Hall–Kier alpha value is -1.87. The van der Waals surface area contributed by atoms with Crippen LogP contribution in [0.15, 0.2) is 42.6 Å². The standard InChI is InChI=1S/C16H17ClN2O/c1-3-19(11-14-7-5-4-6-12(14)2)16(20)13-8-9-15(17)18-10-13/h4-10H,3,11H2,1-2H3. The Bertz CT molecular complexity index is 596. The van der Waals surface area contributed by atoms with Crippen molar-refractivity contribution in [2.75, 3.05) is 6.54 Å². The van der Waals surface area contributed by atoms with Crippen LogP contribution in [0, 0.1) is 6.92 Å². The molecule has 4 heteroatoms. The Labute approximate surface area is 124 Å². The number of aromatic nitrogens is 1. The van der Waals surface area contributed by atoms with Gasteiger partial charge in [-0.3, -0.25) is 4.79 Å². The van der Waals surface area contributed by atoms with E-state index in [9.17, 15) is 4.79 Å². The second-order valence-electron chi connectivity index (χ2n) is 4.62. The monoisotopic (exact) mass is 288 g/mol. The smallest absolute Gasteiger partial charge is 0.255 e. The summed E-state index contributed by atoms with van der Waals surface area (Å²) in [7, 11) is 0. The fourth-order valence-corrected chi connectivity index (χ4v) is 2.12. The maximum atomic E-state index is 12.4.